The molecule has 0 atom stereocenters. The molecule has 2 rings (SSSR count). The van der Waals surface area contributed by atoms with E-state index in [9.17, 15) is 4.79 Å². The predicted octanol–water partition coefficient (Wildman–Crippen LogP) is 0.539. The lowest BCUT2D eigenvalue weighted by Crippen LogP contribution is -2.39. The lowest BCUT2D eigenvalue weighted by Gasteiger charge is -2.25. The standard InChI is InChI=1S/C8H11N3O2/c9-7-6(4-10-13-7)8(12)11-5-2-1-3-5/h4-5H,1-3,9H2,(H,11,12). The molecular formula is C8H11N3O2. The topological polar surface area (TPSA) is 81.2 Å². The Bertz CT molecular complexity index is 317. The number of rotatable bonds is 2. The normalized spacial score (nSPS) is 16.6. The summed E-state index contributed by atoms with van der Waals surface area (Å²) in [5.41, 5.74) is 5.71. The van der Waals surface area contributed by atoms with Crippen molar-refractivity contribution >= 4 is 11.8 Å². The van der Waals surface area contributed by atoms with E-state index in [2.05, 4.69) is 15.0 Å². The van der Waals surface area contributed by atoms with Gasteiger partial charge in [0.2, 0.25) is 5.88 Å². The van der Waals surface area contributed by atoms with Crippen LogP contribution in [0.3, 0.4) is 0 Å². The van der Waals surface area contributed by atoms with E-state index in [-0.39, 0.29) is 11.8 Å². The van der Waals surface area contributed by atoms with E-state index in [1.54, 1.807) is 0 Å². The molecule has 1 aliphatic carbocycles. The zero-order valence-electron chi connectivity index (χ0n) is 7.12. The molecule has 0 saturated heterocycles. The molecule has 3 N–H and O–H groups in total. The lowest BCUT2D eigenvalue weighted by molar-refractivity contribution is 0.0917. The van der Waals surface area contributed by atoms with Crippen LogP contribution < -0.4 is 11.1 Å². The van der Waals surface area contributed by atoms with Gasteiger partial charge in [-0.2, -0.15) is 0 Å². The van der Waals surface area contributed by atoms with Crippen LogP contribution in [-0.4, -0.2) is 17.1 Å². The van der Waals surface area contributed by atoms with Crippen molar-refractivity contribution in [2.75, 3.05) is 5.73 Å². The number of aromatic nitrogens is 1. The lowest BCUT2D eigenvalue weighted by atomic mass is 9.93. The van der Waals surface area contributed by atoms with E-state index < -0.39 is 0 Å². The van der Waals surface area contributed by atoms with Crippen molar-refractivity contribution in [1.29, 1.82) is 0 Å². The molecule has 0 bridgehead atoms. The average molecular weight is 181 g/mol. The van der Waals surface area contributed by atoms with Gasteiger partial charge in [0.15, 0.2) is 0 Å². The molecule has 0 aliphatic heterocycles. The number of nitrogen functional groups attached to an aromatic ring is 1. The summed E-state index contributed by atoms with van der Waals surface area (Å²) in [6.45, 7) is 0. The van der Waals surface area contributed by atoms with E-state index in [1.807, 2.05) is 0 Å². The molecule has 70 valence electrons. The molecule has 1 aromatic heterocycles. The summed E-state index contributed by atoms with van der Waals surface area (Å²) in [4.78, 5) is 11.4. The van der Waals surface area contributed by atoms with E-state index in [4.69, 9.17) is 5.73 Å². The van der Waals surface area contributed by atoms with Crippen LogP contribution in [0, 0.1) is 0 Å². The number of hydrogen-bond donors (Lipinski definition) is 2. The Kier molecular flexibility index (Phi) is 1.92. The molecule has 13 heavy (non-hydrogen) atoms. The van der Waals surface area contributed by atoms with E-state index in [1.165, 1.54) is 12.6 Å². The highest BCUT2D eigenvalue weighted by atomic mass is 16.5. The minimum Gasteiger partial charge on any atom is -0.367 e. The van der Waals surface area contributed by atoms with Gasteiger partial charge in [0.05, 0.1) is 6.20 Å². The van der Waals surface area contributed by atoms with Crippen molar-refractivity contribution in [1.82, 2.24) is 10.5 Å². The van der Waals surface area contributed by atoms with Gasteiger partial charge < -0.3 is 15.6 Å². The first-order valence-electron chi connectivity index (χ1n) is 4.28. The van der Waals surface area contributed by atoms with Crippen LogP contribution in [0.2, 0.25) is 0 Å². The summed E-state index contributed by atoms with van der Waals surface area (Å²) in [5, 5.41) is 6.27. The Morgan fingerprint density at radius 2 is 2.46 bits per heavy atom. The number of carbonyl (C=O) groups is 1. The van der Waals surface area contributed by atoms with Crippen molar-refractivity contribution in [2.24, 2.45) is 0 Å². The highest BCUT2D eigenvalue weighted by Gasteiger charge is 2.22. The van der Waals surface area contributed by atoms with E-state index >= 15 is 0 Å². The van der Waals surface area contributed by atoms with Gasteiger partial charge >= 0.3 is 0 Å². The third-order valence-electron chi connectivity index (χ3n) is 2.28. The smallest absolute Gasteiger partial charge is 0.258 e. The molecule has 5 heteroatoms. The van der Waals surface area contributed by atoms with Gasteiger partial charge in [-0.1, -0.05) is 5.16 Å². The van der Waals surface area contributed by atoms with Crippen molar-refractivity contribution < 1.29 is 9.32 Å². The van der Waals surface area contributed by atoms with E-state index in [0.29, 0.717) is 11.6 Å². The van der Waals surface area contributed by atoms with Crippen molar-refractivity contribution in [2.45, 2.75) is 25.3 Å². The number of nitrogens with two attached hydrogens (primary N) is 1. The molecule has 1 aromatic rings. The monoisotopic (exact) mass is 181 g/mol. The largest absolute Gasteiger partial charge is 0.367 e. The summed E-state index contributed by atoms with van der Waals surface area (Å²) in [6, 6.07) is 0.307. The van der Waals surface area contributed by atoms with Crippen LogP contribution >= 0.6 is 0 Å². The first-order chi connectivity index (χ1) is 6.27. The zero-order valence-corrected chi connectivity index (χ0v) is 7.12. The van der Waals surface area contributed by atoms with Crippen LogP contribution in [-0.2, 0) is 0 Å². The van der Waals surface area contributed by atoms with Gasteiger partial charge in [-0.25, -0.2) is 0 Å². The summed E-state index contributed by atoms with van der Waals surface area (Å²) in [6.07, 6.45) is 4.63. The number of anilines is 1. The molecule has 1 fully saturated rings. The van der Waals surface area contributed by atoms with Crippen LogP contribution in [0.4, 0.5) is 5.88 Å². The molecule has 1 saturated carbocycles. The molecule has 0 unspecified atom stereocenters. The highest BCUT2D eigenvalue weighted by molar-refractivity contribution is 5.97. The molecule has 5 nitrogen and oxygen atoms in total. The maximum atomic E-state index is 11.4. The predicted molar refractivity (Wildman–Crippen MR) is 46.0 cm³/mol. The molecule has 1 heterocycles. The summed E-state index contributed by atoms with van der Waals surface area (Å²) in [7, 11) is 0. The van der Waals surface area contributed by atoms with Crippen LogP contribution in [0.15, 0.2) is 10.7 Å². The summed E-state index contributed by atoms with van der Waals surface area (Å²) < 4.78 is 4.59. The van der Waals surface area contributed by atoms with Crippen molar-refractivity contribution in [3.63, 3.8) is 0 Å². The number of carbonyl (C=O) groups excluding carboxylic acids is 1. The highest BCUT2D eigenvalue weighted by Crippen LogP contribution is 2.19. The van der Waals surface area contributed by atoms with Crippen LogP contribution in [0.5, 0.6) is 0 Å². The van der Waals surface area contributed by atoms with E-state index in [0.717, 1.165) is 12.8 Å². The molecule has 0 radical (unpaired) electrons. The zero-order chi connectivity index (χ0) is 9.26. The molecule has 0 aromatic carbocycles. The second-order valence-electron chi connectivity index (χ2n) is 3.21. The second-order valence-corrected chi connectivity index (χ2v) is 3.21. The minimum absolute atomic E-state index is 0.0804. The van der Waals surface area contributed by atoms with Crippen molar-refractivity contribution in [3.8, 4) is 0 Å². The third kappa shape index (κ3) is 1.49. The SMILES string of the molecule is Nc1oncc1C(=O)NC1CCC1. The summed E-state index contributed by atoms with van der Waals surface area (Å²) >= 11 is 0. The van der Waals surface area contributed by atoms with Crippen molar-refractivity contribution in [3.05, 3.63) is 11.8 Å². The van der Waals surface area contributed by atoms with Gasteiger partial charge in [-0.15, -0.1) is 0 Å². The second kappa shape index (κ2) is 3.08. The number of hydrogen-bond acceptors (Lipinski definition) is 4. The molecular weight excluding hydrogens is 170 g/mol. The Morgan fingerprint density at radius 3 is 2.92 bits per heavy atom. The Balaban J connectivity index is 2.00. The molecule has 0 spiro atoms. The maximum absolute atomic E-state index is 11.4. The van der Waals surface area contributed by atoms with Crippen LogP contribution in [0.25, 0.3) is 0 Å². The Labute approximate surface area is 75.3 Å². The fourth-order valence-corrected chi connectivity index (χ4v) is 1.23. The molecule has 1 aliphatic rings. The fourth-order valence-electron chi connectivity index (χ4n) is 1.23. The minimum atomic E-state index is -0.191. The number of amides is 1. The van der Waals surface area contributed by atoms with Crippen LogP contribution in [0.1, 0.15) is 29.6 Å². The van der Waals surface area contributed by atoms with Gasteiger partial charge in [-0.05, 0) is 19.3 Å². The quantitative estimate of drug-likeness (QED) is 0.697. The van der Waals surface area contributed by atoms with Gasteiger partial charge in [0, 0.05) is 6.04 Å². The third-order valence-corrected chi connectivity index (χ3v) is 2.28. The van der Waals surface area contributed by atoms with Gasteiger partial charge in [0.25, 0.3) is 5.91 Å². The number of nitrogens with zero attached hydrogens (tertiary/aromatic N) is 1. The Hall–Kier alpha value is -1.52. The van der Waals surface area contributed by atoms with Gasteiger partial charge in [0.1, 0.15) is 5.56 Å². The van der Waals surface area contributed by atoms with Gasteiger partial charge in [-0.3, -0.25) is 4.79 Å². The fraction of sp³-hybridized carbons (Fsp3) is 0.500. The molecule has 1 amide bonds. The maximum Gasteiger partial charge on any atom is 0.258 e. The summed E-state index contributed by atoms with van der Waals surface area (Å²) in [5.74, 6) is -0.111. The first-order valence-corrected chi connectivity index (χ1v) is 4.28. The number of nitrogens with one attached hydrogen (secondary N) is 1. The Morgan fingerprint density at radius 1 is 1.69 bits per heavy atom. The first kappa shape index (κ1) is 8.10. The average Bonchev–Trinajstić information content (AvgIpc) is 2.43.